The van der Waals surface area contributed by atoms with Crippen LogP contribution in [0.2, 0.25) is 0 Å². The highest BCUT2D eigenvalue weighted by molar-refractivity contribution is 7.13. The Morgan fingerprint density at radius 3 is 2.67 bits per heavy atom. The topological polar surface area (TPSA) is 100 Å². The van der Waals surface area contributed by atoms with Gasteiger partial charge in [0.1, 0.15) is 0 Å². The second-order valence-corrected chi connectivity index (χ2v) is 7.38. The van der Waals surface area contributed by atoms with Crippen LogP contribution in [0, 0.1) is 0 Å². The Morgan fingerprint density at radius 1 is 1.23 bits per heavy atom. The van der Waals surface area contributed by atoms with Crippen molar-refractivity contribution in [2.45, 2.75) is 13.3 Å². The molecule has 2 aromatic carbocycles. The van der Waals surface area contributed by atoms with Gasteiger partial charge in [0.15, 0.2) is 0 Å². The second-order valence-electron chi connectivity index (χ2n) is 6.49. The molecule has 0 spiro atoms. The summed E-state index contributed by atoms with van der Waals surface area (Å²) >= 11 is 1.55. The van der Waals surface area contributed by atoms with Gasteiger partial charge >= 0.3 is 5.97 Å². The van der Waals surface area contributed by atoms with Crippen LogP contribution in [0.15, 0.2) is 70.0 Å². The minimum absolute atomic E-state index is 0.0846. The molecule has 0 aliphatic heterocycles. The molecule has 0 unspecified atom stereocenters. The van der Waals surface area contributed by atoms with Gasteiger partial charge in [-0.05, 0) is 36.2 Å². The molecule has 4 rings (SSSR count). The number of thiazole rings is 1. The number of aromatic amines is 1. The average molecular weight is 418 g/mol. The van der Waals surface area contributed by atoms with Crippen molar-refractivity contribution in [3.8, 4) is 16.1 Å². The Balaban J connectivity index is 1.70. The van der Waals surface area contributed by atoms with E-state index in [-0.39, 0.29) is 11.1 Å². The molecule has 8 heteroatoms. The molecule has 2 aromatic heterocycles. The summed E-state index contributed by atoms with van der Waals surface area (Å²) in [5.74, 6) is -1.06. The zero-order valence-corrected chi connectivity index (χ0v) is 16.9. The van der Waals surface area contributed by atoms with Gasteiger partial charge in [-0.3, -0.25) is 19.9 Å². The predicted octanol–water partition coefficient (Wildman–Crippen LogP) is 4.30. The summed E-state index contributed by atoms with van der Waals surface area (Å²) in [6.45, 7) is 1.94. The van der Waals surface area contributed by atoms with Crippen molar-refractivity contribution in [1.29, 1.82) is 0 Å². The first kappa shape index (κ1) is 19.5. The number of aliphatic imine (C=N–C) groups is 1. The number of nitrogens with one attached hydrogen (secondary N) is 1. The van der Waals surface area contributed by atoms with Crippen LogP contribution in [-0.2, 0) is 6.42 Å². The smallest absolute Gasteiger partial charge is 0.337 e. The molecule has 0 saturated carbocycles. The standard InChI is InChI=1S/C22H18N4O3S/c1-2-18-17(11-24-19-6-4-3-5-16(19)22(28)29)21(27)26(25-18)15-9-7-14(8-10-15)20-12-23-13-30-20/h3-13,25H,2H2,1H3,(H,28,29). The first-order valence-corrected chi connectivity index (χ1v) is 10.2. The van der Waals surface area contributed by atoms with Gasteiger partial charge in [0.2, 0.25) is 0 Å². The van der Waals surface area contributed by atoms with E-state index in [4.69, 9.17) is 0 Å². The summed E-state index contributed by atoms with van der Waals surface area (Å²) in [4.78, 5) is 33.8. The number of benzene rings is 2. The van der Waals surface area contributed by atoms with E-state index in [1.165, 1.54) is 17.0 Å². The number of aromatic nitrogens is 3. The monoisotopic (exact) mass is 418 g/mol. The number of carboxylic acids is 1. The lowest BCUT2D eigenvalue weighted by molar-refractivity contribution is 0.0698. The second kappa shape index (κ2) is 8.30. The van der Waals surface area contributed by atoms with Crippen LogP contribution in [0.5, 0.6) is 0 Å². The molecule has 2 N–H and O–H groups in total. The number of nitrogens with zero attached hydrogens (tertiary/aromatic N) is 3. The summed E-state index contributed by atoms with van der Waals surface area (Å²) in [5, 5.41) is 12.4. The third kappa shape index (κ3) is 3.72. The Labute approximate surface area is 176 Å². The number of carbonyl (C=O) groups is 1. The van der Waals surface area contributed by atoms with Crippen molar-refractivity contribution in [3.05, 3.63) is 87.4 Å². The predicted molar refractivity (Wildman–Crippen MR) is 118 cm³/mol. The fourth-order valence-electron chi connectivity index (χ4n) is 3.11. The van der Waals surface area contributed by atoms with Crippen LogP contribution < -0.4 is 5.56 Å². The third-order valence-corrected chi connectivity index (χ3v) is 5.49. The number of H-pyrrole nitrogens is 1. The van der Waals surface area contributed by atoms with Crippen LogP contribution >= 0.6 is 11.3 Å². The van der Waals surface area contributed by atoms with Crippen LogP contribution in [0.3, 0.4) is 0 Å². The summed E-state index contributed by atoms with van der Waals surface area (Å²) in [7, 11) is 0. The van der Waals surface area contributed by atoms with Gasteiger partial charge < -0.3 is 5.11 Å². The van der Waals surface area contributed by atoms with Crippen LogP contribution in [0.4, 0.5) is 5.69 Å². The number of aromatic carboxylic acids is 1. The van der Waals surface area contributed by atoms with E-state index >= 15 is 0 Å². The Kier molecular flexibility index (Phi) is 5.40. The molecule has 0 atom stereocenters. The molecule has 30 heavy (non-hydrogen) atoms. The molecular weight excluding hydrogens is 400 g/mol. The van der Waals surface area contributed by atoms with Gasteiger partial charge in [-0.25, -0.2) is 9.48 Å². The van der Waals surface area contributed by atoms with E-state index in [0.29, 0.717) is 23.4 Å². The van der Waals surface area contributed by atoms with Crippen molar-refractivity contribution in [2.24, 2.45) is 4.99 Å². The quantitative estimate of drug-likeness (QED) is 0.456. The normalized spacial score (nSPS) is 11.2. The Bertz CT molecular complexity index is 1270. The van der Waals surface area contributed by atoms with Crippen molar-refractivity contribution in [1.82, 2.24) is 14.8 Å². The zero-order chi connectivity index (χ0) is 21.1. The van der Waals surface area contributed by atoms with Crippen LogP contribution in [0.1, 0.15) is 28.5 Å². The van der Waals surface area contributed by atoms with Gasteiger partial charge in [0, 0.05) is 18.1 Å². The zero-order valence-electron chi connectivity index (χ0n) is 16.1. The number of carboxylic acid groups (broad SMARTS) is 1. The number of hydrogen-bond acceptors (Lipinski definition) is 5. The number of para-hydroxylation sites is 1. The van der Waals surface area contributed by atoms with E-state index in [9.17, 15) is 14.7 Å². The van der Waals surface area contributed by atoms with Gasteiger partial charge in [0.05, 0.1) is 32.9 Å². The molecule has 0 radical (unpaired) electrons. The Hall–Kier alpha value is -3.78. The highest BCUT2D eigenvalue weighted by Gasteiger charge is 2.14. The molecule has 0 saturated heterocycles. The minimum atomic E-state index is -1.06. The molecule has 0 bridgehead atoms. The molecular formula is C22H18N4O3S. The largest absolute Gasteiger partial charge is 0.478 e. The maximum absolute atomic E-state index is 13.0. The highest BCUT2D eigenvalue weighted by Crippen LogP contribution is 2.24. The van der Waals surface area contributed by atoms with E-state index in [1.54, 1.807) is 41.2 Å². The van der Waals surface area contributed by atoms with Crippen LogP contribution in [-0.4, -0.2) is 32.1 Å². The Morgan fingerprint density at radius 2 is 2.00 bits per heavy atom. The maximum Gasteiger partial charge on any atom is 0.337 e. The fourth-order valence-corrected chi connectivity index (χ4v) is 3.74. The molecule has 0 aliphatic rings. The van der Waals surface area contributed by atoms with E-state index in [0.717, 1.165) is 16.1 Å². The molecule has 2 heterocycles. The summed E-state index contributed by atoms with van der Waals surface area (Å²) in [6, 6.07) is 14.1. The number of rotatable bonds is 6. The lowest BCUT2D eigenvalue weighted by atomic mass is 10.2. The average Bonchev–Trinajstić information content (AvgIpc) is 3.41. The summed E-state index contributed by atoms with van der Waals surface area (Å²) in [6.07, 6.45) is 3.84. The molecule has 0 aliphatic carbocycles. The van der Waals surface area contributed by atoms with Crippen molar-refractivity contribution < 1.29 is 9.90 Å². The molecule has 7 nitrogen and oxygen atoms in total. The van der Waals surface area contributed by atoms with Crippen molar-refractivity contribution >= 4 is 29.2 Å². The van der Waals surface area contributed by atoms with E-state index in [2.05, 4.69) is 15.1 Å². The van der Waals surface area contributed by atoms with Crippen molar-refractivity contribution in [3.63, 3.8) is 0 Å². The molecule has 0 amide bonds. The minimum Gasteiger partial charge on any atom is -0.478 e. The number of aryl methyl sites for hydroxylation is 1. The number of hydrogen-bond donors (Lipinski definition) is 2. The molecule has 0 fully saturated rings. The van der Waals surface area contributed by atoms with E-state index < -0.39 is 5.97 Å². The summed E-state index contributed by atoms with van der Waals surface area (Å²) in [5.41, 5.74) is 4.79. The lowest BCUT2D eigenvalue weighted by Crippen LogP contribution is -2.17. The molecule has 150 valence electrons. The van der Waals surface area contributed by atoms with Gasteiger partial charge in [-0.1, -0.05) is 31.2 Å². The van der Waals surface area contributed by atoms with E-state index in [1.807, 2.05) is 31.2 Å². The lowest BCUT2D eigenvalue weighted by Gasteiger charge is -2.03. The highest BCUT2D eigenvalue weighted by atomic mass is 32.1. The SMILES string of the molecule is CCc1[nH]n(-c2ccc(-c3cncs3)cc2)c(=O)c1C=Nc1ccccc1C(=O)O. The summed E-state index contributed by atoms with van der Waals surface area (Å²) < 4.78 is 1.47. The van der Waals surface area contributed by atoms with Gasteiger partial charge in [-0.2, -0.15) is 0 Å². The maximum atomic E-state index is 13.0. The van der Waals surface area contributed by atoms with Crippen molar-refractivity contribution in [2.75, 3.05) is 0 Å². The first-order chi connectivity index (χ1) is 14.6. The molecule has 4 aromatic rings. The third-order valence-electron chi connectivity index (χ3n) is 4.67. The van der Waals surface area contributed by atoms with Gasteiger partial charge in [-0.15, -0.1) is 11.3 Å². The van der Waals surface area contributed by atoms with Gasteiger partial charge in [0.25, 0.3) is 5.56 Å². The van der Waals surface area contributed by atoms with Crippen LogP contribution in [0.25, 0.3) is 16.1 Å². The fraction of sp³-hybridized carbons (Fsp3) is 0.0909. The first-order valence-electron chi connectivity index (χ1n) is 9.28.